The maximum Gasteiger partial charge on any atom is 0.310 e. The van der Waals surface area contributed by atoms with E-state index in [1.807, 2.05) is 0 Å². The van der Waals surface area contributed by atoms with Gasteiger partial charge in [-0.15, -0.1) is 0 Å². The number of carbonyl (C=O) groups excluding carboxylic acids is 1. The third-order valence-electron chi connectivity index (χ3n) is 3.78. The van der Waals surface area contributed by atoms with E-state index in [-0.39, 0.29) is 17.4 Å². The van der Waals surface area contributed by atoms with Crippen LogP contribution in [0, 0.1) is 11.8 Å². The van der Waals surface area contributed by atoms with E-state index in [1.54, 1.807) is 0 Å². The summed E-state index contributed by atoms with van der Waals surface area (Å²) in [5.74, 6) is 0.575. The van der Waals surface area contributed by atoms with Crippen molar-refractivity contribution >= 4 is 5.97 Å². The van der Waals surface area contributed by atoms with Crippen molar-refractivity contribution in [3.63, 3.8) is 0 Å². The normalized spacial score (nSPS) is 43.2. The first kappa shape index (κ1) is 9.00. The Bertz CT molecular complexity index is 219. The molecule has 0 aliphatic heterocycles. The van der Waals surface area contributed by atoms with Gasteiger partial charge in [0.25, 0.3) is 0 Å². The summed E-state index contributed by atoms with van der Waals surface area (Å²) >= 11 is 0. The molecule has 3 aliphatic rings. The van der Waals surface area contributed by atoms with Crippen LogP contribution in [-0.2, 0) is 9.53 Å². The first-order chi connectivity index (χ1) is 6.15. The number of carbonyl (C=O) groups is 1. The Morgan fingerprint density at radius 2 is 2.08 bits per heavy atom. The fourth-order valence-corrected chi connectivity index (χ4v) is 2.84. The molecular formula is C10H17NO2. The fourth-order valence-electron chi connectivity index (χ4n) is 2.84. The lowest BCUT2D eigenvalue weighted by molar-refractivity contribution is -0.152. The van der Waals surface area contributed by atoms with Crippen molar-refractivity contribution in [2.24, 2.45) is 17.6 Å². The highest BCUT2D eigenvalue weighted by molar-refractivity contribution is 5.74. The number of hydrogen-bond acceptors (Lipinski definition) is 3. The van der Waals surface area contributed by atoms with Crippen molar-refractivity contribution in [3.8, 4) is 0 Å². The standard InChI is InChI=1S/C10H17NO2/c1-13-9(12)8-6-7-2-4-10(8,11)5-3-7/h7-8H,2-6,11H2,1H3. The third-order valence-corrected chi connectivity index (χ3v) is 3.78. The van der Waals surface area contributed by atoms with Gasteiger partial charge < -0.3 is 10.5 Å². The maximum absolute atomic E-state index is 11.5. The summed E-state index contributed by atoms with van der Waals surface area (Å²) in [4.78, 5) is 11.5. The Balaban J connectivity index is 2.16. The number of nitrogens with two attached hydrogens (primary N) is 1. The summed E-state index contributed by atoms with van der Waals surface area (Å²) in [5.41, 5.74) is 5.97. The SMILES string of the molecule is COC(=O)C1CC2CCC1(N)CC2. The fraction of sp³-hybridized carbons (Fsp3) is 0.900. The number of esters is 1. The highest BCUT2D eigenvalue weighted by Crippen LogP contribution is 2.46. The van der Waals surface area contributed by atoms with Crippen molar-refractivity contribution in [3.05, 3.63) is 0 Å². The number of fused-ring (bicyclic) bond motifs is 3. The second-order valence-electron chi connectivity index (χ2n) is 4.49. The van der Waals surface area contributed by atoms with E-state index in [9.17, 15) is 4.79 Å². The predicted octanol–water partition coefficient (Wildman–Crippen LogP) is 1.07. The molecule has 0 radical (unpaired) electrons. The van der Waals surface area contributed by atoms with Gasteiger partial charge in [0.2, 0.25) is 0 Å². The molecule has 13 heavy (non-hydrogen) atoms. The molecule has 3 heteroatoms. The Labute approximate surface area is 78.6 Å². The molecule has 1 unspecified atom stereocenters. The Hall–Kier alpha value is -0.570. The van der Waals surface area contributed by atoms with Crippen molar-refractivity contribution in [2.45, 2.75) is 37.6 Å². The zero-order valence-electron chi connectivity index (χ0n) is 8.08. The van der Waals surface area contributed by atoms with Crippen LogP contribution >= 0.6 is 0 Å². The van der Waals surface area contributed by atoms with Gasteiger partial charge in [-0.25, -0.2) is 0 Å². The van der Waals surface area contributed by atoms with Crippen LogP contribution in [0.5, 0.6) is 0 Å². The largest absolute Gasteiger partial charge is 0.469 e. The minimum Gasteiger partial charge on any atom is -0.469 e. The topological polar surface area (TPSA) is 52.3 Å². The smallest absolute Gasteiger partial charge is 0.310 e. The quantitative estimate of drug-likeness (QED) is 0.618. The molecule has 2 N–H and O–H groups in total. The lowest BCUT2D eigenvalue weighted by Gasteiger charge is -2.48. The van der Waals surface area contributed by atoms with Crippen LogP contribution < -0.4 is 5.73 Å². The highest BCUT2D eigenvalue weighted by atomic mass is 16.5. The number of ether oxygens (including phenoxy) is 1. The van der Waals surface area contributed by atoms with Crippen LogP contribution in [0.25, 0.3) is 0 Å². The summed E-state index contributed by atoms with van der Waals surface area (Å²) in [7, 11) is 1.45. The van der Waals surface area contributed by atoms with Gasteiger partial charge in [0.05, 0.1) is 13.0 Å². The number of rotatable bonds is 1. The molecule has 0 heterocycles. The first-order valence-electron chi connectivity index (χ1n) is 5.02. The van der Waals surface area contributed by atoms with Crippen molar-refractivity contribution in [2.75, 3.05) is 7.11 Å². The van der Waals surface area contributed by atoms with Gasteiger partial charge in [0.1, 0.15) is 0 Å². The van der Waals surface area contributed by atoms with Gasteiger partial charge in [-0.05, 0) is 38.0 Å². The molecule has 0 amide bonds. The molecular weight excluding hydrogens is 166 g/mol. The van der Waals surface area contributed by atoms with E-state index in [0.29, 0.717) is 0 Å². The monoisotopic (exact) mass is 183 g/mol. The molecule has 74 valence electrons. The lowest BCUT2D eigenvalue weighted by atomic mass is 9.60. The molecule has 3 saturated carbocycles. The average molecular weight is 183 g/mol. The molecule has 0 aromatic carbocycles. The van der Waals surface area contributed by atoms with Gasteiger partial charge in [-0.3, -0.25) is 4.79 Å². The molecule has 2 bridgehead atoms. The Morgan fingerprint density at radius 3 is 2.54 bits per heavy atom. The predicted molar refractivity (Wildman–Crippen MR) is 49.0 cm³/mol. The number of hydrogen-bond donors (Lipinski definition) is 1. The Kier molecular flexibility index (Phi) is 2.06. The van der Waals surface area contributed by atoms with E-state index >= 15 is 0 Å². The highest BCUT2D eigenvalue weighted by Gasteiger charge is 2.48. The third kappa shape index (κ3) is 1.35. The van der Waals surface area contributed by atoms with E-state index in [2.05, 4.69) is 0 Å². The zero-order chi connectivity index (χ0) is 9.47. The second kappa shape index (κ2) is 2.98. The molecule has 1 atom stereocenters. The first-order valence-corrected chi connectivity index (χ1v) is 5.02. The van der Waals surface area contributed by atoms with Gasteiger partial charge in [-0.2, -0.15) is 0 Å². The summed E-state index contributed by atoms with van der Waals surface area (Å²) in [6.07, 6.45) is 5.34. The zero-order valence-corrected chi connectivity index (χ0v) is 8.08. The minimum atomic E-state index is -0.248. The molecule has 3 rings (SSSR count). The summed E-state index contributed by atoms with van der Waals surface area (Å²) < 4.78 is 4.79. The average Bonchev–Trinajstić information content (AvgIpc) is 2.17. The van der Waals surface area contributed by atoms with Gasteiger partial charge in [0.15, 0.2) is 0 Å². The van der Waals surface area contributed by atoms with E-state index in [0.717, 1.165) is 25.2 Å². The van der Waals surface area contributed by atoms with Crippen molar-refractivity contribution in [1.82, 2.24) is 0 Å². The molecule has 0 spiro atoms. The van der Waals surface area contributed by atoms with Crippen LogP contribution in [0.3, 0.4) is 0 Å². The molecule has 0 saturated heterocycles. The van der Waals surface area contributed by atoms with Gasteiger partial charge >= 0.3 is 5.97 Å². The molecule has 0 aromatic rings. The lowest BCUT2D eigenvalue weighted by Crippen LogP contribution is -2.57. The maximum atomic E-state index is 11.5. The van der Waals surface area contributed by atoms with E-state index in [1.165, 1.54) is 20.0 Å². The van der Waals surface area contributed by atoms with Crippen LogP contribution in [0.1, 0.15) is 32.1 Å². The molecule has 3 aliphatic carbocycles. The summed E-state index contributed by atoms with van der Waals surface area (Å²) in [5, 5.41) is 0. The van der Waals surface area contributed by atoms with Crippen LogP contribution in [0.4, 0.5) is 0 Å². The van der Waals surface area contributed by atoms with E-state index < -0.39 is 0 Å². The second-order valence-corrected chi connectivity index (χ2v) is 4.49. The van der Waals surface area contributed by atoms with Crippen LogP contribution in [0.15, 0.2) is 0 Å². The molecule has 3 fully saturated rings. The molecule has 0 aromatic heterocycles. The summed E-state index contributed by atoms with van der Waals surface area (Å²) in [6, 6.07) is 0. The molecule has 3 nitrogen and oxygen atoms in total. The van der Waals surface area contributed by atoms with Crippen molar-refractivity contribution in [1.29, 1.82) is 0 Å². The summed E-state index contributed by atoms with van der Waals surface area (Å²) in [6.45, 7) is 0. The van der Waals surface area contributed by atoms with Crippen LogP contribution in [0.2, 0.25) is 0 Å². The van der Waals surface area contributed by atoms with E-state index in [4.69, 9.17) is 10.5 Å². The minimum absolute atomic E-state index is 0.0370. The van der Waals surface area contributed by atoms with Gasteiger partial charge in [-0.1, -0.05) is 0 Å². The Morgan fingerprint density at radius 1 is 1.46 bits per heavy atom. The van der Waals surface area contributed by atoms with Crippen molar-refractivity contribution < 1.29 is 9.53 Å². The van der Waals surface area contributed by atoms with Crippen LogP contribution in [-0.4, -0.2) is 18.6 Å². The van der Waals surface area contributed by atoms with Gasteiger partial charge in [0, 0.05) is 5.54 Å². The number of methoxy groups -OCH3 is 1.